The van der Waals surface area contributed by atoms with Crippen LogP contribution in [0.4, 0.5) is 11.4 Å². The third-order valence-electron chi connectivity index (χ3n) is 5.76. The second-order valence-electron chi connectivity index (χ2n) is 8.30. The van der Waals surface area contributed by atoms with Crippen LogP contribution in [0.5, 0.6) is 0 Å². The van der Waals surface area contributed by atoms with Crippen molar-refractivity contribution in [3.8, 4) is 5.69 Å². The fraction of sp³-hybridized carbons (Fsp3) is 0.148. The topological polar surface area (TPSA) is 84.4 Å². The van der Waals surface area contributed by atoms with Crippen molar-refractivity contribution in [3.05, 3.63) is 106 Å². The normalized spacial score (nSPS) is 15.3. The summed E-state index contributed by atoms with van der Waals surface area (Å²) in [7, 11) is 0. The molecule has 1 amide bonds. The van der Waals surface area contributed by atoms with Crippen LogP contribution in [0.3, 0.4) is 0 Å². The first-order valence-corrected chi connectivity index (χ1v) is 12.1. The Morgan fingerprint density at radius 3 is 2.31 bits per heavy atom. The predicted octanol–water partition coefficient (Wildman–Crippen LogP) is 6.91. The van der Waals surface area contributed by atoms with Crippen LogP contribution in [-0.2, 0) is 9.53 Å². The second-order valence-corrected chi connectivity index (χ2v) is 9.22. The maximum atomic E-state index is 12.2. The summed E-state index contributed by atoms with van der Waals surface area (Å²) in [6.07, 6.45) is -0.614. The van der Waals surface area contributed by atoms with Crippen LogP contribution in [0, 0.1) is 13.8 Å². The Labute approximate surface area is 217 Å². The molecule has 36 heavy (non-hydrogen) atoms. The van der Waals surface area contributed by atoms with E-state index in [2.05, 4.69) is 36.4 Å². The largest absolute Gasteiger partial charge is 0.446 e. The van der Waals surface area contributed by atoms with Crippen molar-refractivity contribution in [2.75, 3.05) is 0 Å². The highest BCUT2D eigenvalue weighted by molar-refractivity contribution is 9.10. The molecule has 9 heteroatoms. The van der Waals surface area contributed by atoms with E-state index in [1.807, 2.05) is 97.4 Å². The van der Waals surface area contributed by atoms with Gasteiger partial charge in [0.2, 0.25) is 18.0 Å². The number of hydrogen-bond acceptors (Lipinski definition) is 6. The number of amides is 1. The minimum absolute atomic E-state index is 0.204. The van der Waals surface area contributed by atoms with Crippen LogP contribution in [0.1, 0.15) is 35.7 Å². The molecule has 1 aliphatic rings. The number of carbonyl (C=O) groups excluding carboxylic acids is 1. The highest BCUT2D eigenvalue weighted by atomic mass is 79.9. The van der Waals surface area contributed by atoms with Crippen molar-refractivity contribution >= 4 is 39.1 Å². The zero-order valence-electron chi connectivity index (χ0n) is 20.0. The monoisotopic (exact) mass is 542 g/mol. The molecule has 1 aliphatic heterocycles. The molecule has 1 unspecified atom stereocenters. The Balaban J connectivity index is 1.35. The summed E-state index contributed by atoms with van der Waals surface area (Å²) in [6, 6.07) is 24.9. The number of carbonyl (C=O) groups is 1. The molecule has 5 rings (SSSR count). The quantitative estimate of drug-likeness (QED) is 0.257. The minimum atomic E-state index is -0.614. The van der Waals surface area contributed by atoms with Crippen molar-refractivity contribution in [2.24, 2.45) is 15.3 Å². The number of aromatic nitrogens is 2. The van der Waals surface area contributed by atoms with Crippen molar-refractivity contribution in [2.45, 2.75) is 27.0 Å². The van der Waals surface area contributed by atoms with Crippen molar-refractivity contribution in [1.82, 2.24) is 14.8 Å². The van der Waals surface area contributed by atoms with Gasteiger partial charge in [0.05, 0.1) is 22.8 Å². The first-order valence-electron chi connectivity index (χ1n) is 11.3. The van der Waals surface area contributed by atoms with Gasteiger partial charge in [-0.25, -0.2) is 4.68 Å². The highest BCUT2D eigenvalue weighted by Crippen LogP contribution is 2.32. The van der Waals surface area contributed by atoms with Crippen LogP contribution in [-0.4, -0.2) is 26.6 Å². The Morgan fingerprint density at radius 2 is 1.64 bits per heavy atom. The van der Waals surface area contributed by atoms with Gasteiger partial charge in [-0.2, -0.15) is 15.2 Å². The van der Waals surface area contributed by atoms with Gasteiger partial charge in [0.25, 0.3) is 0 Å². The van der Waals surface area contributed by atoms with Gasteiger partial charge in [0, 0.05) is 22.5 Å². The zero-order chi connectivity index (χ0) is 25.2. The molecule has 0 aliphatic carbocycles. The number of ether oxygens (including phenoxy) is 1. The van der Waals surface area contributed by atoms with Gasteiger partial charge in [-0.3, -0.25) is 4.79 Å². The molecule has 3 aromatic carbocycles. The van der Waals surface area contributed by atoms with Crippen LogP contribution in [0.15, 0.2) is 98.7 Å². The van der Waals surface area contributed by atoms with E-state index in [-0.39, 0.29) is 5.91 Å². The molecule has 2 heterocycles. The Bertz CT molecular complexity index is 1460. The molecular formula is C27H23BrN6O2. The molecule has 0 bridgehead atoms. The summed E-state index contributed by atoms with van der Waals surface area (Å²) in [4.78, 5) is 12.2. The van der Waals surface area contributed by atoms with Gasteiger partial charge in [-0.05, 0) is 62.4 Å². The molecular weight excluding hydrogens is 520 g/mol. The smallest absolute Gasteiger partial charge is 0.243 e. The number of rotatable bonds is 5. The Kier molecular flexibility index (Phi) is 6.47. The molecule has 0 fully saturated rings. The third-order valence-corrected chi connectivity index (χ3v) is 6.28. The maximum absolute atomic E-state index is 12.2. The lowest BCUT2D eigenvalue weighted by atomic mass is 10.2. The number of benzene rings is 3. The third kappa shape index (κ3) is 4.70. The number of hydrazone groups is 1. The van der Waals surface area contributed by atoms with Gasteiger partial charge < -0.3 is 4.74 Å². The van der Waals surface area contributed by atoms with Gasteiger partial charge in [0.15, 0.2) is 0 Å². The van der Waals surface area contributed by atoms with Gasteiger partial charge >= 0.3 is 0 Å². The molecule has 180 valence electrons. The minimum Gasteiger partial charge on any atom is -0.446 e. The molecule has 0 saturated carbocycles. The number of halogens is 1. The molecule has 4 aromatic rings. The van der Waals surface area contributed by atoms with Crippen molar-refractivity contribution in [3.63, 3.8) is 0 Å². The van der Waals surface area contributed by atoms with Crippen molar-refractivity contribution < 1.29 is 9.53 Å². The van der Waals surface area contributed by atoms with Crippen LogP contribution >= 0.6 is 15.9 Å². The molecule has 8 nitrogen and oxygen atoms in total. The average Bonchev–Trinajstić information content (AvgIpc) is 3.46. The highest BCUT2D eigenvalue weighted by Gasteiger charge is 2.33. The number of hydrogen-bond donors (Lipinski definition) is 0. The fourth-order valence-electron chi connectivity index (χ4n) is 3.91. The standard InChI is InChI=1S/C27H23BrN6O2/c1-17-25(18(2)33(31-17)24-7-5-4-6-8-24)30-29-23-15-11-20(12-16-23)26-32-34(19(3)35)27(36-26)21-9-13-22(28)14-10-21/h4-16,27H,1-3H3. The molecule has 0 spiro atoms. The summed E-state index contributed by atoms with van der Waals surface area (Å²) in [5, 5.41) is 19.3. The summed E-state index contributed by atoms with van der Waals surface area (Å²) in [6.45, 7) is 5.36. The van der Waals surface area contributed by atoms with Gasteiger partial charge in [-0.15, -0.1) is 10.2 Å². The van der Waals surface area contributed by atoms with Crippen LogP contribution in [0.2, 0.25) is 0 Å². The van der Waals surface area contributed by atoms with Gasteiger partial charge in [0.1, 0.15) is 5.69 Å². The van der Waals surface area contributed by atoms with E-state index < -0.39 is 6.23 Å². The molecule has 1 atom stereocenters. The number of para-hydroxylation sites is 1. The number of azo groups is 1. The summed E-state index contributed by atoms with van der Waals surface area (Å²) >= 11 is 3.43. The SMILES string of the molecule is CC(=O)N1N=C(c2ccc(N=Nc3c(C)nn(-c4ccccc4)c3C)cc2)OC1c1ccc(Br)cc1. The van der Waals surface area contributed by atoms with Crippen LogP contribution < -0.4 is 0 Å². The zero-order valence-corrected chi connectivity index (χ0v) is 21.5. The lowest BCUT2D eigenvalue weighted by Gasteiger charge is -2.19. The number of nitrogens with zero attached hydrogens (tertiary/aromatic N) is 6. The van der Waals surface area contributed by atoms with E-state index in [4.69, 9.17) is 4.74 Å². The number of aryl methyl sites for hydroxylation is 1. The Hall–Kier alpha value is -4.11. The van der Waals surface area contributed by atoms with E-state index in [1.54, 1.807) is 0 Å². The van der Waals surface area contributed by atoms with E-state index in [0.717, 1.165) is 38.4 Å². The summed E-state index contributed by atoms with van der Waals surface area (Å²) in [5.41, 5.74) is 5.67. The molecule has 1 aromatic heterocycles. The van der Waals surface area contributed by atoms with E-state index in [9.17, 15) is 4.79 Å². The molecule has 0 radical (unpaired) electrons. The second kappa shape index (κ2) is 9.87. The maximum Gasteiger partial charge on any atom is 0.243 e. The van der Waals surface area contributed by atoms with Crippen molar-refractivity contribution in [1.29, 1.82) is 0 Å². The lowest BCUT2D eigenvalue weighted by molar-refractivity contribution is -0.135. The molecule has 0 saturated heterocycles. The average molecular weight is 543 g/mol. The molecule has 0 N–H and O–H groups in total. The first kappa shape index (κ1) is 23.6. The lowest BCUT2D eigenvalue weighted by Crippen LogP contribution is -2.25. The van der Waals surface area contributed by atoms with E-state index in [0.29, 0.717) is 11.6 Å². The van der Waals surface area contributed by atoms with Gasteiger partial charge in [-0.1, -0.05) is 46.3 Å². The first-order chi connectivity index (χ1) is 17.4. The van der Waals surface area contributed by atoms with E-state index >= 15 is 0 Å². The summed E-state index contributed by atoms with van der Waals surface area (Å²) in [5.74, 6) is 0.169. The van der Waals surface area contributed by atoms with Crippen LogP contribution in [0.25, 0.3) is 5.69 Å². The summed E-state index contributed by atoms with van der Waals surface area (Å²) < 4.78 is 8.88. The van der Waals surface area contributed by atoms with E-state index in [1.165, 1.54) is 11.9 Å². The predicted molar refractivity (Wildman–Crippen MR) is 141 cm³/mol. The fourth-order valence-corrected chi connectivity index (χ4v) is 4.17. The Morgan fingerprint density at radius 1 is 0.944 bits per heavy atom.